The molecule has 0 radical (unpaired) electrons. The van der Waals surface area contributed by atoms with Gasteiger partial charge in [0.15, 0.2) is 0 Å². The highest BCUT2D eigenvalue weighted by Crippen LogP contribution is 2.20. The smallest absolute Gasteiger partial charge is 0.317 e. The zero-order valence-corrected chi connectivity index (χ0v) is 12.7. The summed E-state index contributed by atoms with van der Waals surface area (Å²) < 4.78 is 0. The number of urea groups is 1. The first-order valence-electron chi connectivity index (χ1n) is 7.80. The summed E-state index contributed by atoms with van der Waals surface area (Å²) in [5.41, 5.74) is 0. The van der Waals surface area contributed by atoms with Crippen LogP contribution in [0.2, 0.25) is 0 Å². The quantitative estimate of drug-likeness (QED) is 0.755. The number of likely N-dealkylation sites (tertiary alicyclic amines) is 1. The highest BCUT2D eigenvalue weighted by atomic mass is 16.4. The Bertz CT molecular complexity index is 318. The van der Waals surface area contributed by atoms with Gasteiger partial charge in [0.25, 0.3) is 0 Å². The highest BCUT2D eigenvalue weighted by molar-refractivity contribution is 5.74. The van der Waals surface area contributed by atoms with Crippen LogP contribution in [0.3, 0.4) is 0 Å². The lowest BCUT2D eigenvalue weighted by molar-refractivity contribution is -0.137. The number of carbonyl (C=O) groups excluding carboxylic acids is 1. The summed E-state index contributed by atoms with van der Waals surface area (Å²) in [7, 11) is 0. The molecule has 2 atom stereocenters. The van der Waals surface area contributed by atoms with Crippen LogP contribution in [-0.4, -0.2) is 41.1 Å². The van der Waals surface area contributed by atoms with Gasteiger partial charge < -0.3 is 15.3 Å². The lowest BCUT2D eigenvalue weighted by Crippen LogP contribution is -2.49. The van der Waals surface area contributed by atoms with Crippen LogP contribution < -0.4 is 5.32 Å². The van der Waals surface area contributed by atoms with Gasteiger partial charge >= 0.3 is 12.0 Å². The largest absolute Gasteiger partial charge is 0.481 e. The van der Waals surface area contributed by atoms with Gasteiger partial charge in [0, 0.05) is 25.6 Å². The fourth-order valence-electron chi connectivity index (χ4n) is 2.74. The van der Waals surface area contributed by atoms with Crippen molar-refractivity contribution >= 4 is 12.0 Å². The molecule has 5 heteroatoms. The highest BCUT2D eigenvalue weighted by Gasteiger charge is 2.25. The molecule has 2 N–H and O–H groups in total. The van der Waals surface area contributed by atoms with Crippen LogP contribution in [-0.2, 0) is 4.79 Å². The Morgan fingerprint density at radius 2 is 2.15 bits per heavy atom. The Hall–Kier alpha value is -1.26. The first-order valence-corrected chi connectivity index (χ1v) is 7.80. The molecule has 2 amide bonds. The predicted octanol–water partition coefficient (Wildman–Crippen LogP) is 2.85. The molecule has 0 aromatic rings. The molecule has 1 fully saturated rings. The van der Waals surface area contributed by atoms with Gasteiger partial charge in [0.05, 0.1) is 0 Å². The zero-order chi connectivity index (χ0) is 15.0. The van der Waals surface area contributed by atoms with E-state index in [-0.39, 0.29) is 18.4 Å². The molecule has 0 aromatic heterocycles. The van der Waals surface area contributed by atoms with Gasteiger partial charge in [0.1, 0.15) is 0 Å². The van der Waals surface area contributed by atoms with E-state index in [1.165, 1.54) is 6.42 Å². The van der Waals surface area contributed by atoms with E-state index in [0.717, 1.165) is 32.2 Å². The van der Waals surface area contributed by atoms with Crippen molar-refractivity contribution in [2.24, 2.45) is 5.92 Å². The van der Waals surface area contributed by atoms with Crippen LogP contribution in [0.4, 0.5) is 4.79 Å². The van der Waals surface area contributed by atoms with Crippen LogP contribution >= 0.6 is 0 Å². The fourth-order valence-corrected chi connectivity index (χ4v) is 2.74. The van der Waals surface area contributed by atoms with Crippen molar-refractivity contribution in [3.8, 4) is 0 Å². The third kappa shape index (κ3) is 5.80. The summed E-state index contributed by atoms with van der Waals surface area (Å²) in [5.74, 6) is -0.577. The summed E-state index contributed by atoms with van der Waals surface area (Å²) in [4.78, 5) is 24.7. The average molecular weight is 284 g/mol. The number of aliphatic carboxylic acids is 1. The standard InChI is InChI=1S/C15H28N2O3/c1-3-6-13-7-4-5-10-17(13)15(20)16-11-12(2)8-9-14(18)19/h12-13H,3-11H2,1-2H3,(H,16,20)(H,18,19). The number of carbonyl (C=O) groups is 2. The number of carboxylic acid groups (broad SMARTS) is 1. The molecule has 0 aromatic carbocycles. The molecule has 1 saturated heterocycles. The Labute approximate surface area is 121 Å². The molecule has 1 aliphatic rings. The molecular formula is C15H28N2O3. The maximum Gasteiger partial charge on any atom is 0.317 e. The summed E-state index contributed by atoms with van der Waals surface area (Å²) in [6.07, 6.45) is 6.35. The second-order valence-electron chi connectivity index (χ2n) is 5.86. The summed E-state index contributed by atoms with van der Waals surface area (Å²) >= 11 is 0. The Morgan fingerprint density at radius 3 is 2.80 bits per heavy atom. The number of amides is 2. The number of hydrogen-bond donors (Lipinski definition) is 2. The third-order valence-electron chi connectivity index (χ3n) is 3.96. The molecule has 20 heavy (non-hydrogen) atoms. The summed E-state index contributed by atoms with van der Waals surface area (Å²) in [5, 5.41) is 11.6. The molecule has 5 nitrogen and oxygen atoms in total. The molecule has 1 rings (SSSR count). The van der Waals surface area contributed by atoms with Gasteiger partial charge in [-0.05, 0) is 38.0 Å². The van der Waals surface area contributed by atoms with Gasteiger partial charge in [-0.3, -0.25) is 4.79 Å². The van der Waals surface area contributed by atoms with Crippen LogP contribution in [0, 0.1) is 5.92 Å². The van der Waals surface area contributed by atoms with Crippen molar-refractivity contribution < 1.29 is 14.7 Å². The number of piperidine rings is 1. The molecule has 1 heterocycles. The number of carboxylic acids is 1. The van der Waals surface area contributed by atoms with Gasteiger partial charge in [-0.1, -0.05) is 20.3 Å². The van der Waals surface area contributed by atoms with E-state index >= 15 is 0 Å². The zero-order valence-electron chi connectivity index (χ0n) is 12.7. The molecule has 0 saturated carbocycles. The van der Waals surface area contributed by atoms with Crippen LogP contribution in [0.5, 0.6) is 0 Å². The van der Waals surface area contributed by atoms with E-state index in [0.29, 0.717) is 19.0 Å². The predicted molar refractivity (Wildman–Crippen MR) is 78.7 cm³/mol. The third-order valence-corrected chi connectivity index (χ3v) is 3.96. The van der Waals surface area contributed by atoms with Crippen molar-refractivity contribution in [2.45, 2.75) is 64.8 Å². The number of hydrogen-bond acceptors (Lipinski definition) is 2. The summed E-state index contributed by atoms with van der Waals surface area (Å²) in [6.45, 7) is 5.53. The van der Waals surface area contributed by atoms with Crippen molar-refractivity contribution in [1.29, 1.82) is 0 Å². The Morgan fingerprint density at radius 1 is 1.40 bits per heavy atom. The number of nitrogens with zero attached hydrogens (tertiary/aromatic N) is 1. The molecule has 0 bridgehead atoms. The molecule has 1 aliphatic heterocycles. The maximum absolute atomic E-state index is 12.2. The Kier molecular flexibility index (Phi) is 7.41. The first-order chi connectivity index (χ1) is 9.54. The topological polar surface area (TPSA) is 69.6 Å². The SMILES string of the molecule is CCCC1CCCCN1C(=O)NCC(C)CCC(=O)O. The summed E-state index contributed by atoms with van der Waals surface area (Å²) in [6, 6.07) is 0.397. The van der Waals surface area contributed by atoms with Crippen LogP contribution in [0.1, 0.15) is 58.8 Å². The van der Waals surface area contributed by atoms with Crippen molar-refractivity contribution in [2.75, 3.05) is 13.1 Å². The minimum Gasteiger partial charge on any atom is -0.481 e. The number of rotatable bonds is 7. The minimum atomic E-state index is -0.776. The normalized spacial score (nSPS) is 20.5. The van der Waals surface area contributed by atoms with E-state index in [1.54, 1.807) is 0 Å². The maximum atomic E-state index is 12.2. The lowest BCUT2D eigenvalue weighted by Gasteiger charge is -2.36. The van der Waals surface area contributed by atoms with Gasteiger partial charge in [-0.15, -0.1) is 0 Å². The molecule has 2 unspecified atom stereocenters. The molecule has 0 aliphatic carbocycles. The van der Waals surface area contributed by atoms with Crippen LogP contribution in [0.15, 0.2) is 0 Å². The van der Waals surface area contributed by atoms with Gasteiger partial charge in [0.2, 0.25) is 0 Å². The van der Waals surface area contributed by atoms with E-state index in [1.807, 2.05) is 11.8 Å². The van der Waals surface area contributed by atoms with Crippen molar-refractivity contribution in [1.82, 2.24) is 10.2 Å². The van der Waals surface area contributed by atoms with Gasteiger partial charge in [-0.25, -0.2) is 4.79 Å². The molecule has 116 valence electrons. The number of nitrogens with one attached hydrogen (secondary N) is 1. The van der Waals surface area contributed by atoms with Crippen molar-refractivity contribution in [3.05, 3.63) is 0 Å². The van der Waals surface area contributed by atoms with E-state index < -0.39 is 5.97 Å². The lowest BCUT2D eigenvalue weighted by atomic mass is 9.98. The van der Waals surface area contributed by atoms with Gasteiger partial charge in [-0.2, -0.15) is 0 Å². The first kappa shape index (κ1) is 16.8. The van der Waals surface area contributed by atoms with E-state index in [4.69, 9.17) is 5.11 Å². The average Bonchev–Trinajstić information content (AvgIpc) is 2.43. The minimum absolute atomic E-state index is 0.0188. The van der Waals surface area contributed by atoms with E-state index in [2.05, 4.69) is 12.2 Å². The second kappa shape index (κ2) is 8.82. The van der Waals surface area contributed by atoms with Crippen molar-refractivity contribution in [3.63, 3.8) is 0 Å². The fraction of sp³-hybridized carbons (Fsp3) is 0.867. The van der Waals surface area contributed by atoms with Crippen LogP contribution in [0.25, 0.3) is 0 Å². The second-order valence-corrected chi connectivity index (χ2v) is 5.86. The Balaban J connectivity index is 2.34. The monoisotopic (exact) mass is 284 g/mol. The van der Waals surface area contributed by atoms with E-state index in [9.17, 15) is 9.59 Å². The molecule has 0 spiro atoms. The molecular weight excluding hydrogens is 256 g/mol.